The van der Waals surface area contributed by atoms with Crippen LogP contribution < -0.4 is 10.6 Å². The van der Waals surface area contributed by atoms with Gasteiger partial charge < -0.3 is 10.6 Å². The number of amides is 2. The zero-order valence-electron chi connectivity index (χ0n) is 14.8. The summed E-state index contributed by atoms with van der Waals surface area (Å²) in [7, 11) is 0. The van der Waals surface area contributed by atoms with Gasteiger partial charge in [0.15, 0.2) is 5.17 Å². The number of halogens is 3. The number of para-hydroxylation sites is 1. The minimum Gasteiger partial charge on any atom is -0.326 e. The Morgan fingerprint density at radius 2 is 1.93 bits per heavy atom. The number of thioether (sulfide) groups is 1. The zero-order chi connectivity index (χ0) is 20.9. The predicted octanol–water partition coefficient (Wildman–Crippen LogP) is 3.66. The van der Waals surface area contributed by atoms with Gasteiger partial charge in [0.1, 0.15) is 5.25 Å². The topological polar surface area (TPSA) is 82.9 Å². The first kappa shape index (κ1) is 20.6. The second kappa shape index (κ2) is 8.91. The molecule has 0 radical (unpaired) electrons. The van der Waals surface area contributed by atoms with Crippen molar-refractivity contribution in [3.05, 3.63) is 65.7 Å². The summed E-state index contributed by atoms with van der Waals surface area (Å²) in [6.07, 6.45) is -3.34. The quantitative estimate of drug-likeness (QED) is 0.572. The standard InChI is InChI=1S/C19H15F3N4O2S/c20-19(21,22)13-6-4-5-12(9-13)11-23-26-18-25-17(28)15(29-18)10-16(27)24-14-7-2-1-3-8-14/h1-9,11,15H,10H2,(H,24,27)(H,25,26,28)/b23-11-/t15-/m0/s1. The van der Waals surface area contributed by atoms with Crippen LogP contribution in [0.15, 0.2) is 64.8 Å². The van der Waals surface area contributed by atoms with E-state index in [4.69, 9.17) is 0 Å². The van der Waals surface area contributed by atoms with E-state index in [0.29, 0.717) is 5.69 Å². The molecule has 0 bridgehead atoms. The van der Waals surface area contributed by atoms with E-state index in [1.165, 1.54) is 12.1 Å². The van der Waals surface area contributed by atoms with E-state index in [0.717, 1.165) is 30.1 Å². The third-order valence-electron chi connectivity index (χ3n) is 3.77. The number of anilines is 1. The molecule has 1 saturated heterocycles. The van der Waals surface area contributed by atoms with Crippen molar-refractivity contribution in [3.63, 3.8) is 0 Å². The predicted molar refractivity (Wildman–Crippen MR) is 106 cm³/mol. The normalized spacial score (nSPS) is 18.2. The Bertz CT molecular complexity index is 961. The highest BCUT2D eigenvalue weighted by atomic mass is 32.2. The number of benzene rings is 2. The number of amidine groups is 1. The lowest BCUT2D eigenvalue weighted by Gasteiger charge is -2.06. The summed E-state index contributed by atoms with van der Waals surface area (Å²) in [5, 5.41) is 12.2. The third kappa shape index (κ3) is 5.92. The van der Waals surface area contributed by atoms with Crippen molar-refractivity contribution in [1.29, 1.82) is 0 Å². The van der Waals surface area contributed by atoms with Crippen molar-refractivity contribution in [3.8, 4) is 0 Å². The molecule has 2 aromatic rings. The third-order valence-corrected chi connectivity index (χ3v) is 4.85. The lowest BCUT2D eigenvalue weighted by molar-refractivity contribution is -0.137. The first-order chi connectivity index (χ1) is 13.8. The molecule has 0 spiro atoms. The molecule has 10 heteroatoms. The highest BCUT2D eigenvalue weighted by molar-refractivity contribution is 8.15. The Labute approximate surface area is 168 Å². The van der Waals surface area contributed by atoms with E-state index in [1.54, 1.807) is 24.3 Å². The van der Waals surface area contributed by atoms with Gasteiger partial charge >= 0.3 is 6.18 Å². The second-order valence-corrected chi connectivity index (χ2v) is 7.18. The monoisotopic (exact) mass is 420 g/mol. The average molecular weight is 420 g/mol. The molecule has 2 aromatic carbocycles. The van der Waals surface area contributed by atoms with Crippen molar-refractivity contribution in [2.24, 2.45) is 10.2 Å². The van der Waals surface area contributed by atoms with Crippen molar-refractivity contribution < 1.29 is 22.8 Å². The smallest absolute Gasteiger partial charge is 0.326 e. The Hall–Kier alpha value is -3.14. The molecule has 0 aliphatic carbocycles. The van der Waals surface area contributed by atoms with Gasteiger partial charge in [0.25, 0.3) is 0 Å². The molecule has 1 fully saturated rings. The van der Waals surface area contributed by atoms with E-state index < -0.39 is 17.0 Å². The molecule has 0 saturated carbocycles. The summed E-state index contributed by atoms with van der Waals surface area (Å²) < 4.78 is 38.1. The van der Waals surface area contributed by atoms with Crippen LogP contribution in [0.2, 0.25) is 0 Å². The largest absolute Gasteiger partial charge is 0.416 e. The van der Waals surface area contributed by atoms with Gasteiger partial charge in [-0.05, 0) is 29.8 Å². The number of alkyl halides is 3. The minimum absolute atomic E-state index is 0.0538. The lowest BCUT2D eigenvalue weighted by Crippen LogP contribution is -2.28. The van der Waals surface area contributed by atoms with Gasteiger partial charge in [0, 0.05) is 12.1 Å². The van der Waals surface area contributed by atoms with Gasteiger partial charge in [-0.3, -0.25) is 9.59 Å². The summed E-state index contributed by atoms with van der Waals surface area (Å²) in [6.45, 7) is 0. The summed E-state index contributed by atoms with van der Waals surface area (Å²) in [6, 6.07) is 13.5. The SMILES string of the molecule is O=C(C[C@@H]1S/C(=N/N=C\c2cccc(C(F)(F)F)c2)NC1=O)Nc1ccccc1. The van der Waals surface area contributed by atoms with Crippen LogP contribution in [0.25, 0.3) is 0 Å². The number of carbonyl (C=O) groups excluding carboxylic acids is 2. The summed E-state index contributed by atoms with van der Waals surface area (Å²) >= 11 is 1.03. The van der Waals surface area contributed by atoms with Gasteiger partial charge in [0.2, 0.25) is 11.8 Å². The van der Waals surface area contributed by atoms with Crippen LogP contribution in [0.5, 0.6) is 0 Å². The van der Waals surface area contributed by atoms with E-state index in [-0.39, 0.29) is 29.0 Å². The molecule has 150 valence electrons. The van der Waals surface area contributed by atoms with Crippen molar-refractivity contribution in [2.75, 3.05) is 5.32 Å². The number of hydrogen-bond donors (Lipinski definition) is 2. The Kier molecular flexibility index (Phi) is 6.32. The fourth-order valence-electron chi connectivity index (χ4n) is 2.43. The Morgan fingerprint density at radius 3 is 2.66 bits per heavy atom. The van der Waals surface area contributed by atoms with Gasteiger partial charge in [-0.1, -0.05) is 42.1 Å². The van der Waals surface area contributed by atoms with E-state index in [1.807, 2.05) is 6.07 Å². The average Bonchev–Trinajstić information content (AvgIpc) is 3.01. The molecule has 1 heterocycles. The Balaban J connectivity index is 1.57. The molecular weight excluding hydrogens is 405 g/mol. The minimum atomic E-state index is -4.45. The Morgan fingerprint density at radius 1 is 1.17 bits per heavy atom. The summed E-state index contributed by atoms with van der Waals surface area (Å²) in [5.41, 5.74) is 0.0555. The highest BCUT2D eigenvalue weighted by Gasteiger charge is 2.32. The molecule has 0 unspecified atom stereocenters. The summed E-state index contributed by atoms with van der Waals surface area (Å²) in [5.74, 6) is -0.705. The molecule has 2 N–H and O–H groups in total. The van der Waals surface area contributed by atoms with Crippen molar-refractivity contribution in [1.82, 2.24) is 5.32 Å². The number of nitrogens with one attached hydrogen (secondary N) is 2. The fraction of sp³-hybridized carbons (Fsp3) is 0.158. The molecular formula is C19H15F3N4O2S. The molecule has 1 aliphatic heterocycles. The van der Waals surface area contributed by atoms with Crippen LogP contribution in [0.3, 0.4) is 0 Å². The molecule has 2 amide bonds. The van der Waals surface area contributed by atoms with Gasteiger partial charge in [-0.25, -0.2) is 0 Å². The molecule has 1 aliphatic rings. The summed E-state index contributed by atoms with van der Waals surface area (Å²) in [4.78, 5) is 24.1. The van der Waals surface area contributed by atoms with Crippen LogP contribution in [-0.2, 0) is 15.8 Å². The first-order valence-electron chi connectivity index (χ1n) is 8.42. The molecule has 29 heavy (non-hydrogen) atoms. The maximum Gasteiger partial charge on any atom is 0.416 e. The van der Waals surface area contributed by atoms with E-state index in [2.05, 4.69) is 20.8 Å². The molecule has 6 nitrogen and oxygen atoms in total. The fourth-order valence-corrected chi connectivity index (χ4v) is 3.36. The van der Waals surface area contributed by atoms with Crippen LogP contribution in [0.1, 0.15) is 17.5 Å². The lowest BCUT2D eigenvalue weighted by atomic mass is 10.1. The van der Waals surface area contributed by atoms with Crippen molar-refractivity contribution >= 4 is 40.6 Å². The van der Waals surface area contributed by atoms with Crippen molar-refractivity contribution in [2.45, 2.75) is 17.8 Å². The van der Waals surface area contributed by atoms with Crippen LogP contribution in [0, 0.1) is 0 Å². The number of carbonyl (C=O) groups is 2. The number of nitrogens with zero attached hydrogens (tertiary/aromatic N) is 2. The highest BCUT2D eigenvalue weighted by Crippen LogP contribution is 2.29. The number of hydrogen-bond acceptors (Lipinski definition) is 5. The zero-order valence-corrected chi connectivity index (χ0v) is 15.6. The van der Waals surface area contributed by atoms with Gasteiger partial charge in [-0.15, -0.1) is 5.10 Å². The van der Waals surface area contributed by atoms with E-state index >= 15 is 0 Å². The molecule has 1 atom stereocenters. The van der Waals surface area contributed by atoms with Crippen LogP contribution in [0.4, 0.5) is 18.9 Å². The molecule has 0 aromatic heterocycles. The van der Waals surface area contributed by atoms with E-state index in [9.17, 15) is 22.8 Å². The first-order valence-corrected chi connectivity index (χ1v) is 9.30. The van der Waals surface area contributed by atoms with Crippen LogP contribution >= 0.6 is 11.8 Å². The maximum absolute atomic E-state index is 12.7. The second-order valence-electron chi connectivity index (χ2n) is 5.99. The van der Waals surface area contributed by atoms with Gasteiger partial charge in [0.05, 0.1) is 11.8 Å². The maximum atomic E-state index is 12.7. The van der Waals surface area contributed by atoms with Gasteiger partial charge in [-0.2, -0.15) is 18.3 Å². The van der Waals surface area contributed by atoms with Crippen LogP contribution in [-0.4, -0.2) is 28.4 Å². The number of rotatable bonds is 5. The molecule has 3 rings (SSSR count).